The van der Waals surface area contributed by atoms with E-state index < -0.39 is 5.97 Å². The number of fused-ring (bicyclic) bond motifs is 1. The second kappa shape index (κ2) is 9.04. The summed E-state index contributed by atoms with van der Waals surface area (Å²) in [5.74, 6) is 1.17. The van der Waals surface area contributed by atoms with Crippen LogP contribution in [0.2, 0.25) is 0 Å². The zero-order valence-electron chi connectivity index (χ0n) is 16.3. The van der Waals surface area contributed by atoms with Crippen molar-refractivity contribution >= 4 is 17.1 Å². The number of carbonyl (C=O) groups is 1. The molecule has 3 heterocycles. The van der Waals surface area contributed by atoms with Crippen molar-refractivity contribution in [2.45, 2.75) is 13.5 Å². The lowest BCUT2D eigenvalue weighted by Gasteiger charge is -2.07. The molecular formula is C22H19N3O5. The van der Waals surface area contributed by atoms with Gasteiger partial charge in [-0.05, 0) is 43.3 Å². The van der Waals surface area contributed by atoms with Crippen LogP contribution < -0.4 is 9.47 Å². The van der Waals surface area contributed by atoms with Crippen LogP contribution in [0.3, 0.4) is 0 Å². The van der Waals surface area contributed by atoms with Crippen molar-refractivity contribution in [3.05, 3.63) is 66.6 Å². The zero-order valence-corrected chi connectivity index (χ0v) is 16.3. The van der Waals surface area contributed by atoms with Gasteiger partial charge >= 0.3 is 5.97 Å². The third kappa shape index (κ3) is 4.72. The zero-order chi connectivity index (χ0) is 20.8. The molecule has 0 aliphatic rings. The summed E-state index contributed by atoms with van der Waals surface area (Å²) < 4.78 is 21.7. The van der Waals surface area contributed by atoms with Gasteiger partial charge in [-0.2, -0.15) is 0 Å². The van der Waals surface area contributed by atoms with Gasteiger partial charge in [0.05, 0.1) is 18.5 Å². The average Bonchev–Trinajstić information content (AvgIpc) is 3.21. The summed E-state index contributed by atoms with van der Waals surface area (Å²) in [6.07, 6.45) is 3.23. The van der Waals surface area contributed by atoms with Crippen LogP contribution in [0.1, 0.15) is 12.6 Å². The molecule has 0 saturated carbocycles. The molecule has 0 spiro atoms. The molecule has 152 valence electrons. The molecule has 4 aromatic rings. The maximum atomic E-state index is 11.3. The van der Waals surface area contributed by atoms with Gasteiger partial charge < -0.3 is 18.6 Å². The molecular weight excluding hydrogens is 386 g/mol. The van der Waals surface area contributed by atoms with E-state index >= 15 is 0 Å². The molecule has 0 atom stereocenters. The van der Waals surface area contributed by atoms with Gasteiger partial charge in [-0.1, -0.05) is 6.07 Å². The van der Waals surface area contributed by atoms with Crippen molar-refractivity contribution in [3.8, 4) is 23.1 Å². The Hall–Kier alpha value is -3.94. The van der Waals surface area contributed by atoms with E-state index in [0.717, 1.165) is 0 Å². The SMILES string of the molecule is CCOC(=O)COc1ccc(COc2ccc3oc(-c4ccccn4)nc3c2)nc1. The van der Waals surface area contributed by atoms with Crippen LogP contribution in [-0.2, 0) is 16.1 Å². The molecule has 0 aliphatic heterocycles. The molecule has 0 fully saturated rings. The maximum absolute atomic E-state index is 11.3. The van der Waals surface area contributed by atoms with E-state index in [-0.39, 0.29) is 13.2 Å². The van der Waals surface area contributed by atoms with E-state index in [4.69, 9.17) is 18.6 Å². The van der Waals surface area contributed by atoms with Gasteiger partial charge in [0, 0.05) is 12.3 Å². The normalized spacial score (nSPS) is 10.7. The monoisotopic (exact) mass is 405 g/mol. The third-order valence-electron chi connectivity index (χ3n) is 4.09. The van der Waals surface area contributed by atoms with Crippen molar-refractivity contribution in [3.63, 3.8) is 0 Å². The molecule has 0 amide bonds. The van der Waals surface area contributed by atoms with Crippen molar-refractivity contribution in [2.24, 2.45) is 0 Å². The quantitative estimate of drug-likeness (QED) is 0.408. The van der Waals surface area contributed by atoms with Crippen LogP contribution in [-0.4, -0.2) is 34.1 Å². The first-order valence-electron chi connectivity index (χ1n) is 9.39. The van der Waals surface area contributed by atoms with Crippen LogP contribution in [0.15, 0.2) is 65.3 Å². The van der Waals surface area contributed by atoms with E-state index in [1.165, 1.54) is 6.20 Å². The van der Waals surface area contributed by atoms with Crippen molar-refractivity contribution in [1.82, 2.24) is 15.0 Å². The van der Waals surface area contributed by atoms with Gasteiger partial charge in [0.25, 0.3) is 0 Å². The predicted octanol–water partition coefficient (Wildman–Crippen LogP) is 3.81. The summed E-state index contributed by atoms with van der Waals surface area (Å²) in [5, 5.41) is 0. The minimum atomic E-state index is -0.417. The van der Waals surface area contributed by atoms with Crippen LogP contribution in [0.5, 0.6) is 11.5 Å². The number of hydrogen-bond acceptors (Lipinski definition) is 8. The molecule has 4 rings (SSSR count). The fraction of sp³-hybridized carbons (Fsp3) is 0.182. The molecule has 0 aliphatic carbocycles. The number of benzene rings is 1. The number of hydrogen-bond donors (Lipinski definition) is 0. The van der Waals surface area contributed by atoms with Gasteiger partial charge in [-0.25, -0.2) is 9.78 Å². The largest absolute Gasteiger partial charge is 0.487 e. The molecule has 3 aromatic heterocycles. The Bertz CT molecular complexity index is 1130. The molecule has 30 heavy (non-hydrogen) atoms. The van der Waals surface area contributed by atoms with E-state index in [1.54, 1.807) is 25.3 Å². The van der Waals surface area contributed by atoms with E-state index in [9.17, 15) is 4.79 Å². The Morgan fingerprint density at radius 1 is 1.03 bits per heavy atom. The fourth-order valence-electron chi connectivity index (χ4n) is 2.68. The minimum Gasteiger partial charge on any atom is -0.487 e. The molecule has 0 saturated heterocycles. The summed E-state index contributed by atoms with van der Waals surface area (Å²) >= 11 is 0. The third-order valence-corrected chi connectivity index (χ3v) is 4.09. The highest BCUT2D eigenvalue weighted by atomic mass is 16.6. The Morgan fingerprint density at radius 3 is 2.70 bits per heavy atom. The topological polar surface area (TPSA) is 96.6 Å². The maximum Gasteiger partial charge on any atom is 0.344 e. The number of carbonyl (C=O) groups excluding carboxylic acids is 1. The molecule has 0 unspecified atom stereocenters. The van der Waals surface area contributed by atoms with Crippen LogP contribution in [0.25, 0.3) is 22.7 Å². The number of nitrogens with zero attached hydrogens (tertiary/aromatic N) is 3. The fourth-order valence-corrected chi connectivity index (χ4v) is 2.68. The Balaban J connectivity index is 1.37. The highest BCUT2D eigenvalue weighted by molar-refractivity contribution is 5.77. The van der Waals surface area contributed by atoms with Gasteiger partial charge in [0.2, 0.25) is 5.89 Å². The van der Waals surface area contributed by atoms with Crippen molar-refractivity contribution in [2.75, 3.05) is 13.2 Å². The summed E-state index contributed by atoms with van der Waals surface area (Å²) in [7, 11) is 0. The molecule has 1 aromatic carbocycles. The second-order valence-electron chi connectivity index (χ2n) is 6.23. The predicted molar refractivity (Wildman–Crippen MR) is 108 cm³/mol. The highest BCUT2D eigenvalue weighted by Gasteiger charge is 2.10. The molecule has 0 bridgehead atoms. The van der Waals surface area contributed by atoms with Gasteiger partial charge in [-0.3, -0.25) is 9.97 Å². The Labute approximate surface area is 172 Å². The van der Waals surface area contributed by atoms with Gasteiger partial charge in [-0.15, -0.1) is 0 Å². The lowest BCUT2D eigenvalue weighted by molar-refractivity contribution is -0.145. The summed E-state index contributed by atoms with van der Waals surface area (Å²) in [4.78, 5) is 24.3. The number of pyridine rings is 2. The number of ether oxygens (including phenoxy) is 3. The number of rotatable bonds is 8. The molecule has 8 nitrogen and oxygen atoms in total. The minimum absolute atomic E-state index is 0.149. The van der Waals surface area contributed by atoms with E-state index in [1.807, 2.05) is 36.4 Å². The van der Waals surface area contributed by atoms with Crippen LogP contribution >= 0.6 is 0 Å². The first-order valence-corrected chi connectivity index (χ1v) is 9.39. The number of aromatic nitrogens is 3. The van der Waals surface area contributed by atoms with Gasteiger partial charge in [0.15, 0.2) is 12.2 Å². The number of esters is 1. The van der Waals surface area contributed by atoms with E-state index in [0.29, 0.717) is 46.5 Å². The average molecular weight is 405 g/mol. The lowest BCUT2D eigenvalue weighted by Crippen LogP contribution is -2.14. The van der Waals surface area contributed by atoms with E-state index in [2.05, 4.69) is 15.0 Å². The molecule has 8 heteroatoms. The van der Waals surface area contributed by atoms with Crippen LogP contribution in [0.4, 0.5) is 0 Å². The second-order valence-corrected chi connectivity index (χ2v) is 6.23. The highest BCUT2D eigenvalue weighted by Crippen LogP contribution is 2.26. The summed E-state index contributed by atoms with van der Waals surface area (Å²) in [6, 6.07) is 14.5. The Kier molecular flexibility index (Phi) is 5.84. The first-order chi connectivity index (χ1) is 14.7. The van der Waals surface area contributed by atoms with Gasteiger partial charge in [0.1, 0.15) is 29.3 Å². The van der Waals surface area contributed by atoms with Crippen molar-refractivity contribution in [1.29, 1.82) is 0 Å². The summed E-state index contributed by atoms with van der Waals surface area (Å²) in [6.45, 7) is 2.19. The lowest BCUT2D eigenvalue weighted by atomic mass is 10.3. The van der Waals surface area contributed by atoms with Crippen LogP contribution in [0, 0.1) is 0 Å². The summed E-state index contributed by atoms with van der Waals surface area (Å²) in [5.41, 5.74) is 2.73. The molecule has 0 N–H and O–H groups in total. The smallest absolute Gasteiger partial charge is 0.344 e. The molecule has 0 radical (unpaired) electrons. The van der Waals surface area contributed by atoms with Crippen molar-refractivity contribution < 1.29 is 23.4 Å². The number of oxazole rings is 1. The first kappa shape index (κ1) is 19.4. The standard InChI is InChI=1S/C22H19N3O5/c1-2-27-21(26)14-29-17-7-6-15(24-12-17)13-28-16-8-9-20-19(11-16)25-22(30-20)18-5-3-4-10-23-18/h3-12H,2,13-14H2,1H3. The Morgan fingerprint density at radius 2 is 1.93 bits per heavy atom.